The van der Waals surface area contributed by atoms with Crippen molar-refractivity contribution in [1.29, 1.82) is 0 Å². The predicted octanol–water partition coefficient (Wildman–Crippen LogP) is 4.87. The summed E-state index contributed by atoms with van der Waals surface area (Å²) in [6.07, 6.45) is 4.49. The molecule has 3 aromatic rings. The van der Waals surface area contributed by atoms with Crippen molar-refractivity contribution in [3.8, 4) is 0 Å². The molecule has 190 valence electrons. The molecule has 3 N–H and O–H groups in total. The van der Waals surface area contributed by atoms with E-state index in [1.165, 1.54) is 21.9 Å². The van der Waals surface area contributed by atoms with Crippen LogP contribution in [-0.2, 0) is 9.53 Å². The molecule has 0 spiro atoms. The zero-order valence-corrected chi connectivity index (χ0v) is 21.1. The maximum absolute atomic E-state index is 12.6. The smallest absolute Gasteiger partial charge is 0.331 e. The summed E-state index contributed by atoms with van der Waals surface area (Å²) in [6, 6.07) is 22.3. The zero-order valence-electron chi connectivity index (χ0n) is 21.1. The minimum Gasteiger partial charge on any atom is -0.464 e. The van der Waals surface area contributed by atoms with Gasteiger partial charge in [-0.05, 0) is 73.1 Å². The van der Waals surface area contributed by atoms with Gasteiger partial charge in [-0.1, -0.05) is 61.0 Å². The first-order valence-corrected chi connectivity index (χ1v) is 12.9. The van der Waals surface area contributed by atoms with E-state index in [2.05, 4.69) is 60.0 Å². The highest BCUT2D eigenvalue weighted by molar-refractivity contribution is 5.96. The molecule has 1 aliphatic carbocycles. The number of nitrogens with one attached hydrogen (secondary N) is 2. The fourth-order valence-electron chi connectivity index (χ4n) is 5.29. The molecule has 0 aromatic heterocycles. The average molecular weight is 489 g/mol. The van der Waals surface area contributed by atoms with Gasteiger partial charge in [0.1, 0.15) is 0 Å². The van der Waals surface area contributed by atoms with Gasteiger partial charge in [0, 0.05) is 17.6 Å². The lowest BCUT2D eigenvalue weighted by Crippen LogP contribution is -2.44. The molecule has 1 fully saturated rings. The highest BCUT2D eigenvalue weighted by atomic mass is 16.5. The van der Waals surface area contributed by atoms with Crippen LogP contribution >= 0.6 is 0 Å². The van der Waals surface area contributed by atoms with Crippen molar-refractivity contribution >= 4 is 22.6 Å². The Bertz CT molecular complexity index is 1170. The molecular formula is C30H36N2O4. The highest BCUT2D eigenvalue weighted by Gasteiger charge is 2.26. The average Bonchev–Trinajstić information content (AvgIpc) is 2.91. The second-order valence-electron chi connectivity index (χ2n) is 9.60. The molecule has 1 aliphatic rings. The van der Waals surface area contributed by atoms with Crippen LogP contribution in [0.1, 0.15) is 73.0 Å². The molecule has 0 heterocycles. The van der Waals surface area contributed by atoms with Crippen LogP contribution in [-0.4, -0.2) is 42.3 Å². The van der Waals surface area contributed by atoms with Crippen LogP contribution in [0.4, 0.5) is 0 Å². The number of benzene rings is 3. The summed E-state index contributed by atoms with van der Waals surface area (Å²) in [4.78, 5) is 24.4. The van der Waals surface area contributed by atoms with Gasteiger partial charge in [-0.3, -0.25) is 4.79 Å². The van der Waals surface area contributed by atoms with E-state index in [1.54, 1.807) is 19.1 Å². The summed E-state index contributed by atoms with van der Waals surface area (Å²) in [5.74, 6) is -0.609. The van der Waals surface area contributed by atoms with Crippen molar-refractivity contribution in [1.82, 2.24) is 10.6 Å². The van der Waals surface area contributed by atoms with E-state index < -0.39 is 24.5 Å². The number of rotatable bonds is 9. The van der Waals surface area contributed by atoms with Crippen LogP contribution in [0.15, 0.2) is 66.7 Å². The molecule has 0 bridgehead atoms. The molecule has 6 nitrogen and oxygen atoms in total. The summed E-state index contributed by atoms with van der Waals surface area (Å²) in [6.45, 7) is 3.62. The van der Waals surface area contributed by atoms with Gasteiger partial charge in [-0.15, -0.1) is 0 Å². The van der Waals surface area contributed by atoms with Gasteiger partial charge < -0.3 is 20.5 Å². The summed E-state index contributed by atoms with van der Waals surface area (Å²) in [7, 11) is 0. The number of esters is 1. The van der Waals surface area contributed by atoms with Crippen molar-refractivity contribution in [2.24, 2.45) is 0 Å². The molecule has 4 rings (SSSR count). The van der Waals surface area contributed by atoms with Gasteiger partial charge in [0.2, 0.25) is 0 Å². The zero-order chi connectivity index (χ0) is 25.5. The van der Waals surface area contributed by atoms with Crippen LogP contribution < -0.4 is 10.6 Å². The highest BCUT2D eigenvalue weighted by Crippen LogP contribution is 2.34. The SMILES string of the molecule is CCOC(=O)[C@H](CO)NC(=O)c1ccc([C@H]2CCC[C@H](N[C@H](C)c3cccc4ccccc34)C2)cc1. The van der Waals surface area contributed by atoms with Gasteiger partial charge in [0.25, 0.3) is 5.91 Å². The standard InChI is InChI=1S/C30H36N2O4/c1-3-36-30(35)28(19-33)32-29(34)23-16-14-21(15-17-23)24-10-6-11-25(18-24)31-20(2)26-13-7-9-22-8-4-5-12-27(22)26/h4-5,7-9,12-17,20,24-25,28,31,33H,3,6,10-11,18-19H2,1-2H3,(H,32,34)/t20-,24+,25+,28+/m1/s1. The van der Waals surface area contributed by atoms with Gasteiger partial charge in [-0.2, -0.15) is 0 Å². The molecule has 1 saturated carbocycles. The number of hydrogen-bond donors (Lipinski definition) is 3. The lowest BCUT2D eigenvalue weighted by molar-refractivity contribution is -0.146. The molecule has 36 heavy (non-hydrogen) atoms. The Kier molecular flexibility index (Phi) is 8.73. The van der Waals surface area contributed by atoms with Crippen LogP contribution in [0.3, 0.4) is 0 Å². The normalized spacial score (nSPS) is 19.4. The van der Waals surface area contributed by atoms with Gasteiger partial charge >= 0.3 is 5.97 Å². The van der Waals surface area contributed by atoms with E-state index in [0.717, 1.165) is 25.7 Å². The third-order valence-corrected chi connectivity index (χ3v) is 7.15. The van der Waals surface area contributed by atoms with E-state index in [4.69, 9.17) is 4.74 Å². The molecule has 4 atom stereocenters. The summed E-state index contributed by atoms with van der Waals surface area (Å²) in [5.41, 5.74) is 3.01. The van der Waals surface area contributed by atoms with Crippen molar-refractivity contribution in [3.63, 3.8) is 0 Å². The Morgan fingerprint density at radius 2 is 1.78 bits per heavy atom. The van der Waals surface area contributed by atoms with E-state index in [-0.39, 0.29) is 12.6 Å². The Hall–Kier alpha value is -3.22. The number of ether oxygens (including phenoxy) is 1. The Morgan fingerprint density at radius 1 is 1.03 bits per heavy atom. The number of aliphatic hydroxyl groups excluding tert-OH is 1. The number of aliphatic hydroxyl groups is 1. The third-order valence-electron chi connectivity index (χ3n) is 7.15. The van der Waals surface area contributed by atoms with Crippen molar-refractivity contribution in [2.45, 2.75) is 63.6 Å². The van der Waals surface area contributed by atoms with E-state index in [0.29, 0.717) is 17.5 Å². The summed E-state index contributed by atoms with van der Waals surface area (Å²) in [5, 5.41) is 18.4. The fourth-order valence-corrected chi connectivity index (χ4v) is 5.29. The topological polar surface area (TPSA) is 87.7 Å². The van der Waals surface area contributed by atoms with Crippen LogP contribution in [0.2, 0.25) is 0 Å². The Balaban J connectivity index is 1.37. The maximum atomic E-state index is 12.6. The number of hydrogen-bond acceptors (Lipinski definition) is 5. The van der Waals surface area contributed by atoms with Crippen molar-refractivity contribution < 1.29 is 19.4 Å². The first-order valence-electron chi connectivity index (χ1n) is 12.9. The monoisotopic (exact) mass is 488 g/mol. The van der Waals surface area contributed by atoms with Gasteiger partial charge in [-0.25, -0.2) is 4.79 Å². The minimum atomic E-state index is -1.06. The fraction of sp³-hybridized carbons (Fsp3) is 0.400. The number of carbonyl (C=O) groups is 2. The third kappa shape index (κ3) is 6.12. The maximum Gasteiger partial charge on any atom is 0.331 e. The molecular weight excluding hydrogens is 452 g/mol. The number of fused-ring (bicyclic) bond motifs is 1. The van der Waals surface area contributed by atoms with E-state index in [1.807, 2.05) is 12.1 Å². The molecule has 0 unspecified atom stereocenters. The second kappa shape index (κ2) is 12.2. The molecule has 6 heteroatoms. The largest absolute Gasteiger partial charge is 0.464 e. The van der Waals surface area contributed by atoms with E-state index >= 15 is 0 Å². The molecule has 3 aromatic carbocycles. The first-order chi connectivity index (χ1) is 17.5. The molecule has 0 aliphatic heterocycles. The van der Waals surface area contributed by atoms with Crippen molar-refractivity contribution in [3.05, 3.63) is 83.4 Å². The number of amides is 1. The van der Waals surface area contributed by atoms with Crippen LogP contribution in [0.25, 0.3) is 10.8 Å². The lowest BCUT2D eigenvalue weighted by atomic mass is 9.80. The van der Waals surface area contributed by atoms with Gasteiger partial charge in [0.15, 0.2) is 6.04 Å². The summed E-state index contributed by atoms with van der Waals surface area (Å²) < 4.78 is 4.90. The Labute approximate surface area is 213 Å². The van der Waals surface area contributed by atoms with Crippen LogP contribution in [0.5, 0.6) is 0 Å². The number of carbonyl (C=O) groups excluding carboxylic acids is 2. The second-order valence-corrected chi connectivity index (χ2v) is 9.60. The summed E-state index contributed by atoms with van der Waals surface area (Å²) >= 11 is 0. The molecule has 0 radical (unpaired) electrons. The quantitative estimate of drug-likeness (QED) is 0.374. The predicted molar refractivity (Wildman–Crippen MR) is 142 cm³/mol. The van der Waals surface area contributed by atoms with Crippen LogP contribution in [0, 0.1) is 0 Å². The van der Waals surface area contributed by atoms with Gasteiger partial charge in [0.05, 0.1) is 13.2 Å². The Morgan fingerprint density at radius 3 is 2.53 bits per heavy atom. The van der Waals surface area contributed by atoms with E-state index in [9.17, 15) is 14.7 Å². The first kappa shape index (κ1) is 25.9. The minimum absolute atomic E-state index is 0.192. The lowest BCUT2D eigenvalue weighted by Gasteiger charge is -2.32. The molecule has 1 amide bonds. The molecule has 0 saturated heterocycles. The van der Waals surface area contributed by atoms with Crippen molar-refractivity contribution in [2.75, 3.05) is 13.2 Å².